The number of nitrogens with two attached hydrogens (primary N) is 1. The summed E-state index contributed by atoms with van der Waals surface area (Å²) in [6.07, 6.45) is 5.59. The van der Waals surface area contributed by atoms with Gasteiger partial charge in [-0.05, 0) is 48.4 Å². The van der Waals surface area contributed by atoms with Crippen LogP contribution < -0.4 is 5.73 Å². The Morgan fingerprint density at radius 1 is 0.935 bits per heavy atom. The number of nitrogens with zero attached hydrogens (tertiary/aromatic N) is 3. The molecule has 2 N–H and O–H groups in total. The molecule has 0 spiro atoms. The van der Waals surface area contributed by atoms with Gasteiger partial charge in [0.15, 0.2) is 5.78 Å². The molecule has 6 heteroatoms. The van der Waals surface area contributed by atoms with Crippen LogP contribution in [0.3, 0.4) is 0 Å². The van der Waals surface area contributed by atoms with Gasteiger partial charge in [-0.1, -0.05) is 32.0 Å². The highest BCUT2D eigenvalue weighted by Gasteiger charge is 2.25. The Balaban J connectivity index is 1.66. The number of amides is 1. The van der Waals surface area contributed by atoms with Gasteiger partial charge in [0, 0.05) is 34.5 Å². The number of carbonyl (C=O) groups is 2. The smallest absolute Gasteiger partial charge is 0.223 e. The topological polar surface area (TPSA) is 98.8 Å². The van der Waals surface area contributed by atoms with Gasteiger partial charge in [0.25, 0.3) is 0 Å². The first-order chi connectivity index (χ1) is 14.8. The van der Waals surface area contributed by atoms with Crippen molar-refractivity contribution in [1.29, 1.82) is 0 Å². The maximum atomic E-state index is 13.1. The van der Waals surface area contributed by atoms with Gasteiger partial charge in [-0.3, -0.25) is 19.6 Å². The molecule has 4 rings (SSSR count). The Hall–Kier alpha value is -3.93. The molecule has 2 heterocycles. The van der Waals surface area contributed by atoms with Crippen molar-refractivity contribution in [1.82, 2.24) is 15.0 Å². The van der Waals surface area contributed by atoms with Crippen LogP contribution in [0.25, 0.3) is 22.3 Å². The lowest BCUT2D eigenvalue weighted by molar-refractivity contribution is -0.125. The maximum absolute atomic E-state index is 13.1. The van der Waals surface area contributed by atoms with Crippen LogP contribution in [-0.2, 0) is 11.2 Å². The van der Waals surface area contributed by atoms with Crippen LogP contribution in [0.4, 0.5) is 0 Å². The molecule has 6 nitrogen and oxygen atoms in total. The highest BCUT2D eigenvalue weighted by molar-refractivity contribution is 6.10. The van der Waals surface area contributed by atoms with Gasteiger partial charge in [0.1, 0.15) is 0 Å². The van der Waals surface area contributed by atoms with E-state index in [2.05, 4.69) is 15.0 Å². The molecule has 0 fully saturated rings. The Labute approximate surface area is 180 Å². The van der Waals surface area contributed by atoms with Crippen LogP contribution in [0.2, 0.25) is 0 Å². The highest BCUT2D eigenvalue weighted by Crippen LogP contribution is 2.24. The third-order valence-electron chi connectivity index (χ3n) is 5.26. The third-order valence-corrected chi connectivity index (χ3v) is 5.26. The van der Waals surface area contributed by atoms with Gasteiger partial charge in [0.05, 0.1) is 22.9 Å². The van der Waals surface area contributed by atoms with E-state index in [0.29, 0.717) is 34.3 Å². The van der Waals surface area contributed by atoms with Gasteiger partial charge in [-0.2, -0.15) is 0 Å². The molecule has 0 saturated carbocycles. The molecule has 0 bridgehead atoms. The van der Waals surface area contributed by atoms with Gasteiger partial charge >= 0.3 is 0 Å². The number of hydrogen-bond acceptors (Lipinski definition) is 5. The lowest BCUT2D eigenvalue weighted by Gasteiger charge is -2.20. The fourth-order valence-corrected chi connectivity index (χ4v) is 3.39. The minimum atomic E-state index is -0.692. The first-order valence-electron chi connectivity index (χ1n) is 9.94. The van der Waals surface area contributed by atoms with E-state index >= 15 is 0 Å². The molecule has 0 aliphatic heterocycles. The van der Waals surface area contributed by atoms with Crippen molar-refractivity contribution in [3.8, 4) is 11.3 Å². The quantitative estimate of drug-likeness (QED) is 0.485. The molecule has 2 aromatic carbocycles. The number of rotatable bonds is 6. The van der Waals surface area contributed by atoms with Crippen molar-refractivity contribution in [2.75, 3.05) is 0 Å². The summed E-state index contributed by atoms with van der Waals surface area (Å²) < 4.78 is 0. The van der Waals surface area contributed by atoms with Gasteiger partial charge in [-0.25, -0.2) is 4.98 Å². The average molecular weight is 410 g/mol. The van der Waals surface area contributed by atoms with E-state index in [1.54, 1.807) is 56.7 Å². The standard InChI is InChI=1S/C25H22N4O2/c1-25(2,24(26)31)13-16-5-3-6-17(11-16)23(30)18-8-9-20-21(12-18)29-22(15-28-20)19-7-4-10-27-14-19/h3-12,14-15H,13H2,1-2H3,(H2,26,31). The number of pyridine rings is 1. The molecule has 0 unspecified atom stereocenters. The summed E-state index contributed by atoms with van der Waals surface area (Å²) in [5, 5.41) is 0. The van der Waals surface area contributed by atoms with Gasteiger partial charge < -0.3 is 5.73 Å². The zero-order valence-electron chi connectivity index (χ0n) is 17.4. The summed E-state index contributed by atoms with van der Waals surface area (Å²) in [4.78, 5) is 38.0. The number of ketones is 1. The van der Waals surface area contributed by atoms with E-state index in [9.17, 15) is 9.59 Å². The minimum absolute atomic E-state index is 0.116. The monoisotopic (exact) mass is 410 g/mol. The van der Waals surface area contributed by atoms with Crippen LogP contribution in [0.15, 0.2) is 73.2 Å². The lowest BCUT2D eigenvalue weighted by Crippen LogP contribution is -2.33. The van der Waals surface area contributed by atoms with E-state index < -0.39 is 5.41 Å². The summed E-state index contributed by atoms with van der Waals surface area (Å²) in [6.45, 7) is 3.59. The number of benzene rings is 2. The number of fused-ring (bicyclic) bond motifs is 1. The van der Waals surface area contributed by atoms with Crippen LogP contribution in [-0.4, -0.2) is 26.6 Å². The molecule has 0 aliphatic carbocycles. The Kier molecular flexibility index (Phi) is 5.29. The summed E-state index contributed by atoms with van der Waals surface area (Å²) >= 11 is 0. The lowest BCUT2D eigenvalue weighted by atomic mass is 9.84. The predicted molar refractivity (Wildman–Crippen MR) is 119 cm³/mol. The minimum Gasteiger partial charge on any atom is -0.369 e. The Morgan fingerprint density at radius 2 is 1.74 bits per heavy atom. The van der Waals surface area contributed by atoms with Crippen LogP contribution >= 0.6 is 0 Å². The van der Waals surface area contributed by atoms with Crippen molar-refractivity contribution < 1.29 is 9.59 Å². The normalized spacial score (nSPS) is 11.4. The second-order valence-electron chi connectivity index (χ2n) is 8.15. The molecule has 2 aromatic heterocycles. The average Bonchev–Trinajstić information content (AvgIpc) is 2.78. The maximum Gasteiger partial charge on any atom is 0.223 e. The van der Waals surface area contributed by atoms with Crippen LogP contribution in [0.5, 0.6) is 0 Å². The van der Waals surface area contributed by atoms with Gasteiger partial charge in [0.2, 0.25) is 5.91 Å². The molecule has 1 amide bonds. The molecule has 4 aromatic rings. The zero-order chi connectivity index (χ0) is 22.0. The highest BCUT2D eigenvalue weighted by atomic mass is 16.1. The molecule has 31 heavy (non-hydrogen) atoms. The van der Waals surface area contributed by atoms with Crippen molar-refractivity contribution >= 4 is 22.7 Å². The molecule has 0 atom stereocenters. The summed E-state index contributed by atoms with van der Waals surface area (Å²) in [6, 6.07) is 16.4. The number of hydrogen-bond donors (Lipinski definition) is 1. The fraction of sp³-hybridized carbons (Fsp3) is 0.160. The van der Waals surface area contributed by atoms with Crippen molar-refractivity contribution in [3.63, 3.8) is 0 Å². The molecule has 0 aliphatic rings. The van der Waals surface area contributed by atoms with Gasteiger partial charge in [-0.15, -0.1) is 0 Å². The van der Waals surface area contributed by atoms with E-state index in [1.165, 1.54) is 0 Å². The fourth-order valence-electron chi connectivity index (χ4n) is 3.39. The van der Waals surface area contributed by atoms with Crippen molar-refractivity contribution in [3.05, 3.63) is 89.9 Å². The molecule has 154 valence electrons. The number of primary amides is 1. The summed E-state index contributed by atoms with van der Waals surface area (Å²) in [5.74, 6) is -0.490. The van der Waals surface area contributed by atoms with Crippen LogP contribution in [0.1, 0.15) is 35.3 Å². The first kappa shape index (κ1) is 20.3. The van der Waals surface area contributed by atoms with E-state index in [1.807, 2.05) is 30.3 Å². The van der Waals surface area contributed by atoms with E-state index in [0.717, 1.165) is 11.1 Å². The third kappa shape index (κ3) is 4.33. The Bertz CT molecular complexity index is 1280. The zero-order valence-corrected chi connectivity index (χ0v) is 17.4. The predicted octanol–water partition coefficient (Wildman–Crippen LogP) is 3.98. The van der Waals surface area contributed by atoms with E-state index in [-0.39, 0.29) is 11.7 Å². The second kappa shape index (κ2) is 8.07. The number of aromatic nitrogens is 3. The largest absolute Gasteiger partial charge is 0.369 e. The van der Waals surface area contributed by atoms with Crippen LogP contribution in [0, 0.1) is 5.41 Å². The SMILES string of the molecule is CC(C)(Cc1cccc(C(=O)c2ccc3ncc(-c4cccnc4)nc3c2)c1)C(N)=O. The molecular formula is C25H22N4O2. The number of carbonyl (C=O) groups excluding carboxylic acids is 2. The molecule has 0 saturated heterocycles. The van der Waals surface area contributed by atoms with E-state index in [4.69, 9.17) is 5.73 Å². The Morgan fingerprint density at radius 3 is 2.48 bits per heavy atom. The summed E-state index contributed by atoms with van der Waals surface area (Å²) in [7, 11) is 0. The first-order valence-corrected chi connectivity index (χ1v) is 9.94. The second-order valence-corrected chi connectivity index (χ2v) is 8.15. The summed E-state index contributed by atoms with van der Waals surface area (Å²) in [5.41, 5.74) is 9.66. The van der Waals surface area contributed by atoms with Crippen molar-refractivity contribution in [2.24, 2.45) is 11.1 Å². The molecule has 0 radical (unpaired) electrons. The molecular weight excluding hydrogens is 388 g/mol. The van der Waals surface area contributed by atoms with Crippen molar-refractivity contribution in [2.45, 2.75) is 20.3 Å².